The molecule has 0 unspecified atom stereocenters. The zero-order valence-electron chi connectivity index (χ0n) is 11.8. The quantitative estimate of drug-likeness (QED) is 0.810. The molecule has 3 heteroatoms. The Morgan fingerprint density at radius 1 is 1.11 bits per heavy atom. The largest absolute Gasteiger partial charge is 0.342 e. The first-order valence-electron chi connectivity index (χ1n) is 7.33. The highest BCUT2D eigenvalue weighted by Gasteiger charge is 2.18. The molecule has 0 atom stereocenters. The minimum absolute atomic E-state index is 0.313. The van der Waals surface area contributed by atoms with Crippen molar-refractivity contribution in [3.63, 3.8) is 0 Å². The van der Waals surface area contributed by atoms with Crippen LogP contribution in [-0.4, -0.2) is 48.4 Å². The van der Waals surface area contributed by atoms with Crippen molar-refractivity contribution < 1.29 is 4.79 Å². The highest BCUT2D eigenvalue weighted by Crippen LogP contribution is 2.07. The fraction of sp³-hybridized carbons (Fsp3) is 0.562. The lowest BCUT2D eigenvalue weighted by atomic mass is 10.1. The van der Waals surface area contributed by atoms with Gasteiger partial charge in [0, 0.05) is 32.6 Å². The van der Waals surface area contributed by atoms with Crippen LogP contribution < -0.4 is 0 Å². The van der Waals surface area contributed by atoms with Crippen molar-refractivity contribution in [1.82, 2.24) is 9.80 Å². The maximum atomic E-state index is 11.8. The Hall–Kier alpha value is -1.35. The van der Waals surface area contributed by atoms with Gasteiger partial charge in [0.2, 0.25) is 5.91 Å². The van der Waals surface area contributed by atoms with Crippen LogP contribution >= 0.6 is 0 Å². The SMILES string of the molecule is CCN1CCN(CCCc2ccccc2)CCC1=O. The topological polar surface area (TPSA) is 23.6 Å². The van der Waals surface area contributed by atoms with E-state index in [4.69, 9.17) is 0 Å². The normalized spacial score (nSPS) is 17.5. The predicted octanol–water partition coefficient (Wildman–Crippen LogP) is 2.17. The number of nitrogens with zero attached hydrogens (tertiary/aromatic N) is 2. The van der Waals surface area contributed by atoms with Crippen LogP contribution in [0.2, 0.25) is 0 Å². The number of benzene rings is 1. The Balaban J connectivity index is 1.73. The maximum Gasteiger partial charge on any atom is 0.223 e. The molecule has 1 aliphatic rings. The van der Waals surface area contributed by atoms with Gasteiger partial charge in [0.1, 0.15) is 0 Å². The summed E-state index contributed by atoms with van der Waals surface area (Å²) in [6.45, 7) is 6.83. The van der Waals surface area contributed by atoms with Gasteiger partial charge in [-0.25, -0.2) is 0 Å². The molecule has 1 fully saturated rings. The van der Waals surface area contributed by atoms with Crippen molar-refractivity contribution in [2.24, 2.45) is 0 Å². The molecule has 3 nitrogen and oxygen atoms in total. The average molecular weight is 260 g/mol. The second kappa shape index (κ2) is 7.29. The number of carbonyl (C=O) groups is 1. The molecule has 1 aromatic rings. The van der Waals surface area contributed by atoms with Gasteiger partial charge in [-0.15, -0.1) is 0 Å². The summed E-state index contributed by atoms with van der Waals surface area (Å²) < 4.78 is 0. The van der Waals surface area contributed by atoms with E-state index in [9.17, 15) is 4.79 Å². The molecule has 0 saturated carbocycles. The van der Waals surface area contributed by atoms with Crippen molar-refractivity contribution in [2.75, 3.05) is 32.7 Å². The van der Waals surface area contributed by atoms with Crippen molar-refractivity contribution in [2.45, 2.75) is 26.2 Å². The summed E-state index contributed by atoms with van der Waals surface area (Å²) in [5, 5.41) is 0. The Labute approximate surface area is 116 Å². The second-order valence-electron chi connectivity index (χ2n) is 5.15. The Bertz CT molecular complexity index is 391. The van der Waals surface area contributed by atoms with E-state index in [1.807, 2.05) is 4.90 Å². The van der Waals surface area contributed by atoms with Crippen molar-refractivity contribution >= 4 is 5.91 Å². The molecule has 0 N–H and O–H groups in total. The summed E-state index contributed by atoms with van der Waals surface area (Å²) in [4.78, 5) is 16.2. The molecule has 1 amide bonds. The van der Waals surface area contributed by atoms with Crippen LogP contribution in [0, 0.1) is 0 Å². The van der Waals surface area contributed by atoms with Crippen LogP contribution in [0.4, 0.5) is 0 Å². The smallest absolute Gasteiger partial charge is 0.223 e. The average Bonchev–Trinajstić information content (AvgIpc) is 2.62. The zero-order valence-corrected chi connectivity index (χ0v) is 11.8. The first-order chi connectivity index (χ1) is 9.29. The van der Waals surface area contributed by atoms with E-state index in [1.165, 1.54) is 12.0 Å². The van der Waals surface area contributed by atoms with Gasteiger partial charge in [0.25, 0.3) is 0 Å². The summed E-state index contributed by atoms with van der Waals surface area (Å²) >= 11 is 0. The minimum Gasteiger partial charge on any atom is -0.342 e. The first kappa shape index (κ1) is 14.1. The number of carbonyl (C=O) groups excluding carboxylic acids is 1. The van der Waals surface area contributed by atoms with Gasteiger partial charge < -0.3 is 9.80 Å². The molecule has 0 bridgehead atoms. The molecule has 2 rings (SSSR count). The van der Waals surface area contributed by atoms with E-state index >= 15 is 0 Å². The Morgan fingerprint density at radius 2 is 1.89 bits per heavy atom. The van der Waals surface area contributed by atoms with Crippen LogP contribution in [-0.2, 0) is 11.2 Å². The van der Waals surface area contributed by atoms with Gasteiger partial charge in [-0.3, -0.25) is 4.79 Å². The molecule has 1 saturated heterocycles. The number of amides is 1. The maximum absolute atomic E-state index is 11.8. The number of aryl methyl sites for hydroxylation is 1. The highest BCUT2D eigenvalue weighted by molar-refractivity contribution is 5.76. The first-order valence-corrected chi connectivity index (χ1v) is 7.33. The Kier molecular flexibility index (Phi) is 5.40. The van der Waals surface area contributed by atoms with E-state index in [0.717, 1.165) is 39.1 Å². The summed E-state index contributed by atoms with van der Waals surface area (Å²) in [7, 11) is 0. The van der Waals surface area contributed by atoms with Crippen molar-refractivity contribution in [3.8, 4) is 0 Å². The molecule has 104 valence electrons. The van der Waals surface area contributed by atoms with Crippen molar-refractivity contribution in [1.29, 1.82) is 0 Å². The molecular formula is C16H24N2O. The molecule has 0 aliphatic carbocycles. The van der Waals surface area contributed by atoms with Gasteiger partial charge in [0.15, 0.2) is 0 Å². The lowest BCUT2D eigenvalue weighted by Gasteiger charge is -2.20. The van der Waals surface area contributed by atoms with Crippen LogP contribution in [0.15, 0.2) is 30.3 Å². The van der Waals surface area contributed by atoms with Crippen LogP contribution in [0.1, 0.15) is 25.3 Å². The van der Waals surface area contributed by atoms with Crippen molar-refractivity contribution in [3.05, 3.63) is 35.9 Å². The highest BCUT2D eigenvalue weighted by atomic mass is 16.2. The van der Waals surface area contributed by atoms with E-state index in [2.05, 4.69) is 42.2 Å². The van der Waals surface area contributed by atoms with Gasteiger partial charge in [-0.2, -0.15) is 0 Å². The Morgan fingerprint density at radius 3 is 2.63 bits per heavy atom. The van der Waals surface area contributed by atoms with Crippen LogP contribution in [0.3, 0.4) is 0 Å². The lowest BCUT2D eigenvalue weighted by Crippen LogP contribution is -2.33. The predicted molar refractivity (Wildman–Crippen MR) is 78.1 cm³/mol. The molecule has 0 spiro atoms. The van der Waals surface area contributed by atoms with Gasteiger partial charge >= 0.3 is 0 Å². The third kappa shape index (κ3) is 4.35. The van der Waals surface area contributed by atoms with Gasteiger partial charge in [-0.1, -0.05) is 30.3 Å². The van der Waals surface area contributed by atoms with Crippen LogP contribution in [0.5, 0.6) is 0 Å². The summed E-state index contributed by atoms with van der Waals surface area (Å²) in [6, 6.07) is 10.6. The van der Waals surface area contributed by atoms with E-state index in [-0.39, 0.29) is 0 Å². The van der Waals surface area contributed by atoms with Gasteiger partial charge in [0.05, 0.1) is 0 Å². The summed E-state index contributed by atoms with van der Waals surface area (Å²) in [5.74, 6) is 0.313. The standard InChI is InChI=1S/C16H24N2O/c1-2-18-14-13-17(12-10-16(18)19)11-6-9-15-7-4-3-5-8-15/h3-5,7-8H,2,6,9-14H2,1H3. The minimum atomic E-state index is 0.313. The molecule has 1 aliphatic heterocycles. The summed E-state index contributed by atoms with van der Waals surface area (Å²) in [6.07, 6.45) is 2.98. The monoisotopic (exact) mass is 260 g/mol. The second-order valence-corrected chi connectivity index (χ2v) is 5.15. The van der Waals surface area contributed by atoms with Crippen LogP contribution in [0.25, 0.3) is 0 Å². The summed E-state index contributed by atoms with van der Waals surface area (Å²) in [5.41, 5.74) is 1.41. The molecule has 0 radical (unpaired) electrons. The lowest BCUT2D eigenvalue weighted by molar-refractivity contribution is -0.130. The van der Waals surface area contributed by atoms with E-state index < -0.39 is 0 Å². The van der Waals surface area contributed by atoms with Gasteiger partial charge in [-0.05, 0) is 31.9 Å². The fourth-order valence-corrected chi connectivity index (χ4v) is 2.62. The van der Waals surface area contributed by atoms with E-state index in [1.54, 1.807) is 0 Å². The molecule has 0 aromatic heterocycles. The number of hydrogen-bond acceptors (Lipinski definition) is 2. The fourth-order valence-electron chi connectivity index (χ4n) is 2.62. The number of hydrogen-bond donors (Lipinski definition) is 0. The third-order valence-electron chi connectivity index (χ3n) is 3.85. The zero-order chi connectivity index (χ0) is 13.5. The molecule has 1 heterocycles. The molecule has 19 heavy (non-hydrogen) atoms. The van der Waals surface area contributed by atoms with E-state index in [0.29, 0.717) is 12.3 Å². The molecular weight excluding hydrogens is 236 g/mol. The number of likely N-dealkylation sites (N-methyl/N-ethyl adjacent to an activating group) is 1. The third-order valence-corrected chi connectivity index (χ3v) is 3.85. The number of rotatable bonds is 5. The molecule has 1 aromatic carbocycles.